The van der Waals surface area contributed by atoms with Gasteiger partial charge in [-0.1, -0.05) is 6.07 Å². The first-order valence-corrected chi connectivity index (χ1v) is 4.31. The summed E-state index contributed by atoms with van der Waals surface area (Å²) in [6.45, 7) is 1.54. The summed E-state index contributed by atoms with van der Waals surface area (Å²) in [6.07, 6.45) is -3.77. The Morgan fingerprint density at radius 1 is 1.25 bits per heavy atom. The van der Waals surface area contributed by atoms with Crippen molar-refractivity contribution in [2.45, 2.75) is 13.2 Å². The van der Waals surface area contributed by atoms with Gasteiger partial charge in [-0.15, -0.1) is 8.78 Å². The van der Waals surface area contributed by atoms with Crippen molar-refractivity contribution in [2.75, 3.05) is 0 Å². The molecule has 0 aromatic heterocycles. The molecule has 1 aromatic carbocycles. The van der Waals surface area contributed by atoms with Crippen molar-refractivity contribution in [1.29, 1.82) is 0 Å². The van der Waals surface area contributed by atoms with Gasteiger partial charge in [-0.05, 0) is 18.6 Å². The molecule has 1 aliphatic heterocycles. The average molecular weight is 232 g/mol. The molecule has 5 nitrogen and oxygen atoms in total. The zero-order valence-electron chi connectivity index (χ0n) is 8.11. The predicted molar refractivity (Wildman–Crippen MR) is 48.2 cm³/mol. The Labute approximate surface area is 89.3 Å². The number of fused-ring (bicyclic) bond motifs is 1. The molecule has 0 spiro atoms. The normalized spacial score (nSPS) is 16.1. The molecule has 0 aliphatic carbocycles. The van der Waals surface area contributed by atoms with E-state index in [4.69, 9.17) is 10.0 Å². The lowest BCUT2D eigenvalue weighted by atomic mass is 10.2. The molecule has 0 amide bonds. The van der Waals surface area contributed by atoms with E-state index in [0.717, 1.165) is 0 Å². The molecule has 0 saturated carbocycles. The highest BCUT2D eigenvalue weighted by molar-refractivity contribution is 6.33. The van der Waals surface area contributed by atoms with E-state index in [-0.39, 0.29) is 17.2 Å². The summed E-state index contributed by atoms with van der Waals surface area (Å²) >= 11 is 0. The van der Waals surface area contributed by atoms with Gasteiger partial charge >= 0.3 is 13.6 Å². The van der Waals surface area contributed by atoms with Crippen LogP contribution in [0.5, 0.6) is 17.2 Å². The summed E-state index contributed by atoms with van der Waals surface area (Å²) < 4.78 is 38.5. The van der Waals surface area contributed by atoms with E-state index in [0.29, 0.717) is 5.56 Å². The minimum Gasteiger partial charge on any atom is -0.509 e. The minimum absolute atomic E-state index is 0.178. The topological polar surface area (TPSA) is 68.2 Å². The van der Waals surface area contributed by atoms with Gasteiger partial charge in [0.2, 0.25) is 5.75 Å². The van der Waals surface area contributed by atoms with Crippen LogP contribution >= 0.6 is 0 Å². The number of benzene rings is 1. The second kappa shape index (κ2) is 3.50. The van der Waals surface area contributed by atoms with E-state index in [1.54, 1.807) is 6.92 Å². The van der Waals surface area contributed by atoms with Crippen LogP contribution in [0.3, 0.4) is 0 Å². The highest BCUT2D eigenvalue weighted by atomic mass is 19.3. The van der Waals surface area contributed by atoms with Crippen LogP contribution in [0.15, 0.2) is 12.1 Å². The van der Waals surface area contributed by atoms with Gasteiger partial charge in [0.1, 0.15) is 5.75 Å². The first kappa shape index (κ1) is 11.0. The smallest absolute Gasteiger partial charge is 0.509 e. The number of hydrogen-bond acceptors (Lipinski definition) is 5. The summed E-state index contributed by atoms with van der Waals surface area (Å²) in [4.78, 5) is 0. The summed E-state index contributed by atoms with van der Waals surface area (Å²) in [5, 5.41) is 17.2. The second-order valence-electron chi connectivity index (χ2n) is 3.15. The maximum Gasteiger partial charge on any atom is 0.707 e. The molecular formula is C8H7BF2O5. The molecule has 8 heteroatoms. The van der Waals surface area contributed by atoms with Crippen molar-refractivity contribution >= 4 is 7.32 Å². The standard InChI is InChI=1S/C8H7BF2O5/c1-4-2-3-5(16-9(12)13)7-6(4)14-8(10,11)15-7/h2-3,12-13H,1H3. The number of aryl methyl sites for hydroxylation is 1. The fourth-order valence-electron chi connectivity index (χ4n) is 1.33. The zero-order chi connectivity index (χ0) is 11.9. The Morgan fingerprint density at radius 2 is 1.88 bits per heavy atom. The molecule has 0 bridgehead atoms. The maximum atomic E-state index is 12.8. The number of ether oxygens (including phenoxy) is 2. The number of rotatable bonds is 2. The lowest BCUT2D eigenvalue weighted by Gasteiger charge is -2.08. The Morgan fingerprint density at radius 3 is 2.50 bits per heavy atom. The third kappa shape index (κ3) is 1.89. The molecule has 0 fully saturated rings. The first-order valence-electron chi connectivity index (χ1n) is 4.31. The Balaban J connectivity index is 2.42. The van der Waals surface area contributed by atoms with Crippen molar-refractivity contribution < 1.29 is 33.0 Å². The van der Waals surface area contributed by atoms with E-state index in [1.807, 2.05) is 0 Å². The monoisotopic (exact) mass is 232 g/mol. The Hall–Kier alpha value is -1.54. The van der Waals surface area contributed by atoms with Gasteiger partial charge < -0.3 is 24.2 Å². The van der Waals surface area contributed by atoms with E-state index in [9.17, 15) is 8.78 Å². The van der Waals surface area contributed by atoms with Gasteiger partial charge in [0.25, 0.3) is 0 Å². The Bertz CT molecular complexity index is 423. The van der Waals surface area contributed by atoms with Crippen LogP contribution in [0.1, 0.15) is 5.56 Å². The van der Waals surface area contributed by atoms with Gasteiger partial charge in [-0.3, -0.25) is 0 Å². The molecule has 0 unspecified atom stereocenters. The van der Waals surface area contributed by atoms with E-state index >= 15 is 0 Å². The van der Waals surface area contributed by atoms with Crippen molar-refractivity contribution in [3.63, 3.8) is 0 Å². The van der Waals surface area contributed by atoms with Crippen LogP contribution in [-0.4, -0.2) is 23.7 Å². The maximum absolute atomic E-state index is 12.8. The van der Waals surface area contributed by atoms with Crippen molar-refractivity contribution in [1.82, 2.24) is 0 Å². The molecule has 1 aliphatic rings. The Kier molecular flexibility index (Phi) is 2.40. The molecule has 1 heterocycles. The molecule has 0 saturated heterocycles. The summed E-state index contributed by atoms with van der Waals surface area (Å²) in [5.41, 5.74) is 0.423. The lowest BCUT2D eigenvalue weighted by Crippen LogP contribution is -2.26. The SMILES string of the molecule is Cc1ccc(OB(O)O)c2c1OC(F)(F)O2. The highest BCUT2D eigenvalue weighted by Crippen LogP contribution is 2.48. The highest BCUT2D eigenvalue weighted by Gasteiger charge is 2.46. The zero-order valence-corrected chi connectivity index (χ0v) is 8.11. The van der Waals surface area contributed by atoms with Crippen LogP contribution in [0.25, 0.3) is 0 Å². The van der Waals surface area contributed by atoms with E-state index < -0.39 is 13.6 Å². The second-order valence-corrected chi connectivity index (χ2v) is 3.15. The van der Waals surface area contributed by atoms with Crippen molar-refractivity contribution in [3.05, 3.63) is 17.7 Å². The third-order valence-corrected chi connectivity index (χ3v) is 1.95. The van der Waals surface area contributed by atoms with Crippen LogP contribution in [0, 0.1) is 6.92 Å². The number of halogens is 2. The number of alkyl halides is 2. The fourth-order valence-corrected chi connectivity index (χ4v) is 1.33. The van der Waals surface area contributed by atoms with Gasteiger partial charge in [0.05, 0.1) is 0 Å². The fraction of sp³-hybridized carbons (Fsp3) is 0.250. The molecular weight excluding hydrogens is 225 g/mol. The van der Waals surface area contributed by atoms with Crippen LogP contribution in [-0.2, 0) is 0 Å². The van der Waals surface area contributed by atoms with Gasteiger partial charge in [-0.25, -0.2) is 0 Å². The van der Waals surface area contributed by atoms with Crippen LogP contribution in [0.4, 0.5) is 8.78 Å². The molecule has 2 N–H and O–H groups in total. The third-order valence-electron chi connectivity index (χ3n) is 1.95. The van der Waals surface area contributed by atoms with Gasteiger partial charge in [0, 0.05) is 0 Å². The number of hydrogen-bond donors (Lipinski definition) is 2. The molecule has 0 atom stereocenters. The molecule has 86 valence electrons. The van der Waals surface area contributed by atoms with Crippen LogP contribution in [0.2, 0.25) is 0 Å². The lowest BCUT2D eigenvalue weighted by molar-refractivity contribution is -0.287. The molecule has 0 radical (unpaired) electrons. The average Bonchev–Trinajstić information content (AvgIpc) is 2.47. The van der Waals surface area contributed by atoms with E-state index in [2.05, 4.69) is 14.1 Å². The van der Waals surface area contributed by atoms with Crippen molar-refractivity contribution in [3.8, 4) is 17.2 Å². The largest absolute Gasteiger partial charge is 0.707 e. The first-order chi connectivity index (χ1) is 7.39. The minimum atomic E-state index is -3.77. The van der Waals surface area contributed by atoms with E-state index in [1.165, 1.54) is 12.1 Å². The molecule has 16 heavy (non-hydrogen) atoms. The molecule has 2 rings (SSSR count). The van der Waals surface area contributed by atoms with Gasteiger partial charge in [-0.2, -0.15) is 0 Å². The summed E-state index contributed by atoms with van der Waals surface area (Å²) in [6, 6.07) is 2.71. The van der Waals surface area contributed by atoms with Crippen LogP contribution < -0.4 is 14.1 Å². The van der Waals surface area contributed by atoms with Gasteiger partial charge in [0.15, 0.2) is 5.75 Å². The summed E-state index contributed by atoms with van der Waals surface area (Å²) in [5.74, 6) is -0.756. The summed E-state index contributed by atoms with van der Waals surface area (Å²) in [7, 11) is -2.12. The molecule has 1 aromatic rings. The predicted octanol–water partition coefficient (Wildman–Crippen LogP) is 0.665. The quantitative estimate of drug-likeness (QED) is 0.733. The van der Waals surface area contributed by atoms with Crippen molar-refractivity contribution in [2.24, 2.45) is 0 Å².